The molecular weight excluding hydrogens is 352 g/mol. The number of anilines is 3. The quantitative estimate of drug-likeness (QED) is 0.709. The highest BCUT2D eigenvalue weighted by Crippen LogP contribution is 2.26. The van der Waals surface area contributed by atoms with E-state index in [-0.39, 0.29) is 0 Å². The molecule has 7 nitrogen and oxygen atoms in total. The van der Waals surface area contributed by atoms with E-state index in [0.29, 0.717) is 11.8 Å². The van der Waals surface area contributed by atoms with Gasteiger partial charge in [0.05, 0.1) is 19.0 Å². The lowest BCUT2D eigenvalue weighted by Gasteiger charge is -2.34. The van der Waals surface area contributed by atoms with Crippen LogP contribution in [0.15, 0.2) is 60.8 Å². The maximum absolute atomic E-state index is 5.38. The van der Waals surface area contributed by atoms with Crippen molar-refractivity contribution in [2.75, 3.05) is 43.5 Å². The smallest absolute Gasteiger partial charge is 0.247 e. The second kappa shape index (κ2) is 8.67. The number of nitrogens with one attached hydrogen (secondary N) is 1. The Morgan fingerprint density at radius 1 is 0.964 bits per heavy atom. The second-order valence-electron chi connectivity index (χ2n) is 6.72. The van der Waals surface area contributed by atoms with Gasteiger partial charge in [-0.1, -0.05) is 42.5 Å². The fraction of sp³-hybridized carbons (Fsp3) is 0.286. The molecule has 1 saturated heterocycles. The molecule has 7 heteroatoms. The van der Waals surface area contributed by atoms with Crippen LogP contribution in [0.4, 0.5) is 17.5 Å². The molecule has 0 bridgehead atoms. The van der Waals surface area contributed by atoms with Gasteiger partial charge in [0.25, 0.3) is 0 Å². The summed E-state index contributed by atoms with van der Waals surface area (Å²) in [6, 6.07) is 18.3. The van der Waals surface area contributed by atoms with Crippen molar-refractivity contribution in [2.24, 2.45) is 0 Å². The van der Waals surface area contributed by atoms with Gasteiger partial charge in [0.15, 0.2) is 5.82 Å². The summed E-state index contributed by atoms with van der Waals surface area (Å²) in [5.74, 6) is 2.07. The number of piperazine rings is 1. The van der Waals surface area contributed by atoms with Crippen molar-refractivity contribution in [3.8, 4) is 5.75 Å². The normalized spacial score (nSPS) is 14.7. The lowest BCUT2D eigenvalue weighted by Crippen LogP contribution is -2.46. The summed E-state index contributed by atoms with van der Waals surface area (Å²) in [5, 5.41) is 11.6. The molecular formula is C21H24N6O. The number of rotatable bonds is 6. The minimum Gasteiger partial charge on any atom is -0.495 e. The molecule has 0 unspecified atom stereocenters. The highest BCUT2D eigenvalue weighted by molar-refractivity contribution is 5.64. The zero-order chi connectivity index (χ0) is 19.2. The van der Waals surface area contributed by atoms with Crippen LogP contribution < -0.4 is 15.0 Å². The van der Waals surface area contributed by atoms with Crippen LogP contribution in [0.2, 0.25) is 0 Å². The van der Waals surface area contributed by atoms with Gasteiger partial charge in [0.1, 0.15) is 5.75 Å². The standard InChI is InChI=1S/C21H24N6O/c1-28-19-10-6-5-9-18(19)23-20-15-22-25-21(24-20)27-13-11-26(12-14-27)16-17-7-3-2-4-8-17/h2-10,15H,11-14,16H2,1H3,(H,23,24,25). The van der Waals surface area contributed by atoms with Gasteiger partial charge in [-0.2, -0.15) is 10.1 Å². The molecule has 3 aromatic rings. The van der Waals surface area contributed by atoms with Crippen LogP contribution in [-0.2, 0) is 6.54 Å². The van der Waals surface area contributed by atoms with Crippen molar-refractivity contribution in [2.45, 2.75) is 6.54 Å². The van der Waals surface area contributed by atoms with E-state index in [2.05, 4.69) is 60.6 Å². The van der Waals surface area contributed by atoms with Gasteiger partial charge in [-0.3, -0.25) is 4.90 Å². The molecule has 144 valence electrons. The zero-order valence-corrected chi connectivity index (χ0v) is 16.0. The average Bonchev–Trinajstić information content (AvgIpc) is 2.76. The Hall–Kier alpha value is -3.19. The topological polar surface area (TPSA) is 66.4 Å². The molecule has 0 atom stereocenters. The van der Waals surface area contributed by atoms with E-state index in [1.54, 1.807) is 13.3 Å². The van der Waals surface area contributed by atoms with Gasteiger partial charge in [0, 0.05) is 32.7 Å². The van der Waals surface area contributed by atoms with Crippen LogP contribution >= 0.6 is 0 Å². The molecule has 28 heavy (non-hydrogen) atoms. The molecule has 0 radical (unpaired) electrons. The number of para-hydroxylation sites is 2. The molecule has 0 amide bonds. The van der Waals surface area contributed by atoms with Crippen molar-refractivity contribution in [3.05, 3.63) is 66.4 Å². The zero-order valence-electron chi connectivity index (χ0n) is 16.0. The molecule has 1 aliphatic rings. The maximum atomic E-state index is 5.38. The first kappa shape index (κ1) is 18.2. The van der Waals surface area contributed by atoms with Crippen molar-refractivity contribution in [1.29, 1.82) is 0 Å². The molecule has 2 heterocycles. The molecule has 0 aliphatic carbocycles. The molecule has 4 rings (SSSR count). The van der Waals surface area contributed by atoms with Gasteiger partial charge in [-0.15, -0.1) is 5.10 Å². The van der Waals surface area contributed by atoms with E-state index in [1.807, 2.05) is 24.3 Å². The minimum absolute atomic E-state index is 0.652. The Morgan fingerprint density at radius 2 is 1.71 bits per heavy atom. The number of methoxy groups -OCH3 is 1. The van der Waals surface area contributed by atoms with Crippen LogP contribution in [0.1, 0.15) is 5.56 Å². The number of aromatic nitrogens is 3. The Bertz CT molecular complexity index is 896. The van der Waals surface area contributed by atoms with Crippen LogP contribution in [-0.4, -0.2) is 53.4 Å². The summed E-state index contributed by atoms with van der Waals surface area (Å²) in [5.41, 5.74) is 2.20. The molecule has 1 aliphatic heterocycles. The van der Waals surface area contributed by atoms with Gasteiger partial charge in [-0.05, 0) is 17.7 Å². The van der Waals surface area contributed by atoms with E-state index < -0.39 is 0 Å². The lowest BCUT2D eigenvalue weighted by molar-refractivity contribution is 0.248. The Kier molecular flexibility index (Phi) is 5.63. The predicted octanol–water partition coefficient (Wildman–Crippen LogP) is 2.95. The fourth-order valence-electron chi connectivity index (χ4n) is 3.32. The summed E-state index contributed by atoms with van der Waals surface area (Å²) in [6.07, 6.45) is 1.63. The van der Waals surface area contributed by atoms with Gasteiger partial charge in [0.2, 0.25) is 5.95 Å². The second-order valence-corrected chi connectivity index (χ2v) is 6.72. The van der Waals surface area contributed by atoms with E-state index >= 15 is 0 Å². The van der Waals surface area contributed by atoms with Crippen LogP contribution in [0.25, 0.3) is 0 Å². The third-order valence-electron chi connectivity index (χ3n) is 4.82. The summed E-state index contributed by atoms with van der Waals surface area (Å²) in [4.78, 5) is 9.28. The van der Waals surface area contributed by atoms with E-state index in [1.165, 1.54) is 5.56 Å². The van der Waals surface area contributed by atoms with E-state index in [9.17, 15) is 0 Å². The largest absolute Gasteiger partial charge is 0.495 e. The summed E-state index contributed by atoms with van der Waals surface area (Å²) in [6.45, 7) is 4.69. The summed E-state index contributed by atoms with van der Waals surface area (Å²) >= 11 is 0. The van der Waals surface area contributed by atoms with E-state index in [0.717, 1.165) is 44.2 Å². The molecule has 2 aromatic carbocycles. The summed E-state index contributed by atoms with van der Waals surface area (Å²) in [7, 11) is 1.65. The molecule has 1 fully saturated rings. The third kappa shape index (κ3) is 4.37. The first-order chi connectivity index (χ1) is 13.8. The number of nitrogens with zero attached hydrogens (tertiary/aromatic N) is 5. The van der Waals surface area contributed by atoms with Crippen molar-refractivity contribution in [1.82, 2.24) is 20.1 Å². The number of hydrogen-bond acceptors (Lipinski definition) is 7. The van der Waals surface area contributed by atoms with Gasteiger partial charge in [-0.25, -0.2) is 0 Å². The predicted molar refractivity (Wildman–Crippen MR) is 110 cm³/mol. The number of ether oxygens (including phenoxy) is 1. The van der Waals surface area contributed by atoms with Crippen molar-refractivity contribution in [3.63, 3.8) is 0 Å². The highest BCUT2D eigenvalue weighted by Gasteiger charge is 2.19. The Morgan fingerprint density at radius 3 is 2.50 bits per heavy atom. The van der Waals surface area contributed by atoms with Crippen LogP contribution in [0.5, 0.6) is 5.75 Å². The van der Waals surface area contributed by atoms with Crippen LogP contribution in [0.3, 0.4) is 0 Å². The van der Waals surface area contributed by atoms with Crippen LogP contribution in [0, 0.1) is 0 Å². The van der Waals surface area contributed by atoms with E-state index in [4.69, 9.17) is 4.74 Å². The first-order valence-corrected chi connectivity index (χ1v) is 9.43. The third-order valence-corrected chi connectivity index (χ3v) is 4.82. The SMILES string of the molecule is COc1ccccc1Nc1cnnc(N2CCN(Cc3ccccc3)CC2)n1. The van der Waals surface area contributed by atoms with Crippen molar-refractivity contribution < 1.29 is 4.74 Å². The molecule has 1 aromatic heterocycles. The average molecular weight is 376 g/mol. The molecule has 0 spiro atoms. The molecule has 0 saturated carbocycles. The minimum atomic E-state index is 0.652. The van der Waals surface area contributed by atoms with Gasteiger partial charge < -0.3 is 15.0 Å². The first-order valence-electron chi connectivity index (χ1n) is 9.43. The Balaban J connectivity index is 1.38. The maximum Gasteiger partial charge on any atom is 0.247 e. The Labute approximate surface area is 165 Å². The van der Waals surface area contributed by atoms with Crippen molar-refractivity contribution >= 4 is 17.5 Å². The highest BCUT2D eigenvalue weighted by atomic mass is 16.5. The number of benzene rings is 2. The molecule has 1 N–H and O–H groups in total. The summed E-state index contributed by atoms with van der Waals surface area (Å²) < 4.78 is 5.38. The lowest BCUT2D eigenvalue weighted by atomic mass is 10.2. The van der Waals surface area contributed by atoms with Gasteiger partial charge >= 0.3 is 0 Å². The fourth-order valence-corrected chi connectivity index (χ4v) is 3.32. The number of hydrogen-bond donors (Lipinski definition) is 1. The monoisotopic (exact) mass is 376 g/mol.